The molecule has 2 aliphatic rings. The van der Waals surface area contributed by atoms with Gasteiger partial charge in [-0.05, 0) is 43.0 Å². The number of anilines is 1. The second-order valence-corrected chi connectivity index (χ2v) is 11.4. The fraction of sp³-hybridized carbons (Fsp3) is 0.303. The van der Waals surface area contributed by atoms with Crippen molar-refractivity contribution in [3.63, 3.8) is 0 Å². The van der Waals surface area contributed by atoms with Crippen LogP contribution in [0, 0.1) is 24.0 Å². The van der Waals surface area contributed by atoms with Crippen LogP contribution in [0.15, 0.2) is 42.9 Å². The van der Waals surface area contributed by atoms with E-state index in [0.29, 0.717) is 24.0 Å². The van der Waals surface area contributed by atoms with Crippen LogP contribution >= 0.6 is 0 Å². The number of methoxy groups -OCH3 is 1. The molecule has 2 atom stereocenters. The molecule has 0 saturated carbocycles. The van der Waals surface area contributed by atoms with E-state index < -0.39 is 23.3 Å². The van der Waals surface area contributed by atoms with E-state index in [-0.39, 0.29) is 69.7 Å². The lowest BCUT2D eigenvalue weighted by atomic mass is 9.95. The Kier molecular flexibility index (Phi) is 7.44. The first kappa shape index (κ1) is 29.5. The lowest BCUT2D eigenvalue weighted by Gasteiger charge is -2.30. The maximum Gasteiger partial charge on any atom is 0.319 e. The molecule has 234 valence electrons. The highest BCUT2D eigenvalue weighted by Gasteiger charge is 2.49. The van der Waals surface area contributed by atoms with Gasteiger partial charge >= 0.3 is 6.01 Å². The summed E-state index contributed by atoms with van der Waals surface area (Å²) in [5.41, 5.74) is -0.491. The molecule has 13 heteroatoms. The smallest absolute Gasteiger partial charge is 0.319 e. The van der Waals surface area contributed by atoms with E-state index in [0.717, 1.165) is 19.4 Å². The molecule has 0 unspecified atom stereocenters. The van der Waals surface area contributed by atoms with Gasteiger partial charge in [0.1, 0.15) is 46.8 Å². The molecule has 0 spiro atoms. The number of alkyl halides is 1. The Balaban J connectivity index is 1.40. The number of phenolic OH excluding ortho intramolecular Hbond substituents is 1. The molecule has 2 saturated heterocycles. The predicted octanol–water partition coefficient (Wildman–Crippen LogP) is 5.18. The number of phenols is 1. The highest BCUT2D eigenvalue weighted by atomic mass is 19.1. The van der Waals surface area contributed by atoms with Crippen molar-refractivity contribution in [1.29, 1.82) is 0 Å². The van der Waals surface area contributed by atoms with Gasteiger partial charge in [0.25, 0.3) is 0 Å². The standard InChI is InChI=1S/C33H28F3N7O3/c1-3-22-24(35)6-5-18-11-21(44)12-23(25(18)22)28-27(36)29-26(31(40-28)45-2)30(39-15-20-14-37-8-9-38-20)42-32(41-29)46-17-33-7-4-10-43(33)16-19(34)13-33/h1,5-6,8-9,11-12,14,19,44H,4,7,10,13,15-17H2,2H3,(H,39,41,42)/t19-,33+/m1/s1. The summed E-state index contributed by atoms with van der Waals surface area (Å²) in [4.78, 5) is 23.9. The van der Waals surface area contributed by atoms with Crippen LogP contribution in [0.4, 0.5) is 19.0 Å². The minimum atomic E-state index is -0.962. The Labute approximate surface area is 261 Å². The van der Waals surface area contributed by atoms with Gasteiger partial charge in [0, 0.05) is 36.3 Å². The Morgan fingerprint density at radius 1 is 1.17 bits per heavy atom. The van der Waals surface area contributed by atoms with Crippen LogP contribution in [-0.2, 0) is 6.54 Å². The van der Waals surface area contributed by atoms with Crippen LogP contribution in [0.2, 0.25) is 0 Å². The number of fused-ring (bicyclic) bond motifs is 3. The lowest BCUT2D eigenvalue weighted by Crippen LogP contribution is -2.43. The highest BCUT2D eigenvalue weighted by Crippen LogP contribution is 2.43. The summed E-state index contributed by atoms with van der Waals surface area (Å²) < 4.78 is 57.8. The molecule has 0 radical (unpaired) electrons. The van der Waals surface area contributed by atoms with Gasteiger partial charge in [-0.2, -0.15) is 9.97 Å². The molecule has 3 aromatic heterocycles. The molecular formula is C33H28F3N7O3. The number of hydrogen-bond donors (Lipinski definition) is 2. The van der Waals surface area contributed by atoms with E-state index in [9.17, 15) is 13.9 Å². The third-order valence-electron chi connectivity index (χ3n) is 8.66. The first-order valence-electron chi connectivity index (χ1n) is 14.7. The first-order valence-corrected chi connectivity index (χ1v) is 14.7. The Morgan fingerprint density at radius 3 is 2.83 bits per heavy atom. The van der Waals surface area contributed by atoms with Crippen LogP contribution in [0.3, 0.4) is 0 Å². The van der Waals surface area contributed by atoms with Crippen molar-refractivity contribution >= 4 is 27.5 Å². The van der Waals surface area contributed by atoms with Gasteiger partial charge in [-0.15, -0.1) is 6.42 Å². The number of nitrogens with zero attached hydrogens (tertiary/aromatic N) is 6. The number of aromatic nitrogens is 5. The van der Waals surface area contributed by atoms with E-state index in [4.69, 9.17) is 15.9 Å². The molecule has 0 bridgehead atoms. The largest absolute Gasteiger partial charge is 0.508 e. The Hall–Kier alpha value is -5.22. The number of benzene rings is 2. The molecule has 7 rings (SSSR count). The second-order valence-electron chi connectivity index (χ2n) is 11.4. The molecule has 2 aliphatic heterocycles. The number of halogens is 3. The van der Waals surface area contributed by atoms with Crippen LogP contribution in [-0.4, -0.2) is 73.4 Å². The summed E-state index contributed by atoms with van der Waals surface area (Å²) in [5, 5.41) is 14.4. The molecule has 2 N–H and O–H groups in total. The number of terminal acetylenes is 1. The second kappa shape index (κ2) is 11.6. The quantitative estimate of drug-likeness (QED) is 0.223. The summed E-state index contributed by atoms with van der Waals surface area (Å²) in [5.74, 6) is 0.623. The summed E-state index contributed by atoms with van der Waals surface area (Å²) in [6, 6.07) is 5.12. The molecule has 2 aromatic carbocycles. The molecule has 2 fully saturated rings. The fourth-order valence-corrected chi connectivity index (χ4v) is 6.63. The SMILES string of the molecule is C#Cc1c(F)ccc2cc(O)cc(-c3nc(OC)c4c(NCc5cnccn5)nc(OC[C@@]56CCCN5C[C@H](F)C6)nc4c3F)c12. The van der Waals surface area contributed by atoms with Crippen molar-refractivity contribution < 1.29 is 27.8 Å². The van der Waals surface area contributed by atoms with Crippen molar-refractivity contribution in [3.05, 3.63) is 65.7 Å². The minimum absolute atomic E-state index is 0.0377. The molecule has 10 nitrogen and oxygen atoms in total. The molecule has 0 aliphatic carbocycles. The van der Waals surface area contributed by atoms with Crippen LogP contribution in [0.1, 0.15) is 30.5 Å². The Bertz CT molecular complexity index is 2020. The van der Waals surface area contributed by atoms with E-state index in [1.807, 2.05) is 0 Å². The van der Waals surface area contributed by atoms with Crippen LogP contribution in [0.5, 0.6) is 17.6 Å². The molecule has 5 heterocycles. The summed E-state index contributed by atoms with van der Waals surface area (Å²) in [6.45, 7) is 1.38. The third-order valence-corrected chi connectivity index (χ3v) is 8.66. The Morgan fingerprint density at radius 2 is 2.04 bits per heavy atom. The zero-order valence-corrected chi connectivity index (χ0v) is 24.7. The molecule has 0 amide bonds. The highest BCUT2D eigenvalue weighted by molar-refractivity contribution is 6.04. The monoisotopic (exact) mass is 627 g/mol. The number of ether oxygens (including phenoxy) is 2. The van der Waals surface area contributed by atoms with Crippen molar-refractivity contribution in [2.45, 2.75) is 37.5 Å². The normalized spacial score (nSPS) is 19.3. The zero-order chi connectivity index (χ0) is 32.0. The minimum Gasteiger partial charge on any atom is -0.508 e. The summed E-state index contributed by atoms with van der Waals surface area (Å²) >= 11 is 0. The maximum absolute atomic E-state index is 16.8. The third kappa shape index (κ3) is 5.04. The summed E-state index contributed by atoms with van der Waals surface area (Å²) in [6.07, 6.45) is 11.3. The fourth-order valence-electron chi connectivity index (χ4n) is 6.63. The number of nitrogens with one attached hydrogen (secondary N) is 1. The molecular weight excluding hydrogens is 599 g/mol. The average molecular weight is 628 g/mol. The maximum atomic E-state index is 16.8. The van der Waals surface area contributed by atoms with Gasteiger partial charge < -0.3 is 19.9 Å². The van der Waals surface area contributed by atoms with Crippen molar-refractivity contribution in [2.24, 2.45) is 0 Å². The van der Waals surface area contributed by atoms with Crippen LogP contribution in [0.25, 0.3) is 32.9 Å². The van der Waals surface area contributed by atoms with Crippen molar-refractivity contribution in [2.75, 3.05) is 32.1 Å². The van der Waals surface area contributed by atoms with Gasteiger partial charge in [0.15, 0.2) is 5.82 Å². The van der Waals surface area contributed by atoms with E-state index in [1.54, 1.807) is 12.4 Å². The average Bonchev–Trinajstić information content (AvgIpc) is 3.59. The predicted molar refractivity (Wildman–Crippen MR) is 164 cm³/mol. The number of hydrogen-bond acceptors (Lipinski definition) is 10. The number of pyridine rings is 1. The number of rotatable bonds is 8. The van der Waals surface area contributed by atoms with Gasteiger partial charge in [-0.3, -0.25) is 14.9 Å². The molecule has 46 heavy (non-hydrogen) atoms. The number of aromatic hydroxyl groups is 1. The summed E-state index contributed by atoms with van der Waals surface area (Å²) in [7, 11) is 1.36. The van der Waals surface area contributed by atoms with E-state index in [1.165, 1.54) is 37.6 Å². The topological polar surface area (TPSA) is 118 Å². The molecule has 5 aromatic rings. The van der Waals surface area contributed by atoms with Crippen molar-refractivity contribution in [1.82, 2.24) is 29.8 Å². The van der Waals surface area contributed by atoms with E-state index in [2.05, 4.69) is 41.1 Å². The van der Waals surface area contributed by atoms with Gasteiger partial charge in [0.05, 0.1) is 36.6 Å². The van der Waals surface area contributed by atoms with Gasteiger partial charge in [-0.1, -0.05) is 12.0 Å². The zero-order valence-electron chi connectivity index (χ0n) is 24.7. The van der Waals surface area contributed by atoms with E-state index >= 15 is 4.39 Å². The van der Waals surface area contributed by atoms with Gasteiger partial charge in [-0.25, -0.2) is 18.2 Å². The van der Waals surface area contributed by atoms with Crippen molar-refractivity contribution in [3.8, 4) is 41.2 Å². The van der Waals surface area contributed by atoms with Crippen LogP contribution < -0.4 is 14.8 Å². The van der Waals surface area contributed by atoms with Gasteiger partial charge in [0.2, 0.25) is 5.88 Å². The first-order chi connectivity index (χ1) is 22.3. The lowest BCUT2D eigenvalue weighted by molar-refractivity contribution is 0.107.